The zero-order chi connectivity index (χ0) is 14.1. The van der Waals surface area contributed by atoms with E-state index in [1.54, 1.807) is 0 Å². The van der Waals surface area contributed by atoms with Crippen LogP contribution >= 0.6 is 0 Å². The highest BCUT2D eigenvalue weighted by molar-refractivity contribution is 5.54. The van der Waals surface area contributed by atoms with Gasteiger partial charge in [0.15, 0.2) is 6.61 Å². The number of nitrogens with one attached hydrogen (secondary N) is 1. The summed E-state index contributed by atoms with van der Waals surface area (Å²) in [6.07, 6.45) is 2.21. The number of rotatable bonds is 7. The van der Waals surface area contributed by atoms with Crippen LogP contribution in [0, 0.1) is 17.2 Å². The van der Waals surface area contributed by atoms with Crippen molar-refractivity contribution in [2.24, 2.45) is 5.92 Å². The third kappa shape index (κ3) is 5.58. The van der Waals surface area contributed by atoms with Crippen LogP contribution in [0.2, 0.25) is 0 Å². The number of nitrogens with zero attached hydrogens (tertiary/aromatic N) is 1. The Morgan fingerprint density at radius 2 is 2.05 bits per heavy atom. The van der Waals surface area contributed by atoms with Gasteiger partial charge in [0.2, 0.25) is 0 Å². The first-order valence-electron chi connectivity index (χ1n) is 6.68. The quantitative estimate of drug-likeness (QED) is 0.816. The normalized spacial score (nSPS) is 11.4. The van der Waals surface area contributed by atoms with E-state index in [9.17, 15) is 0 Å². The van der Waals surface area contributed by atoms with Gasteiger partial charge in [-0.3, -0.25) is 0 Å². The van der Waals surface area contributed by atoms with Gasteiger partial charge in [0.25, 0.3) is 0 Å². The summed E-state index contributed by atoms with van der Waals surface area (Å²) in [4.78, 5) is 0. The van der Waals surface area contributed by atoms with E-state index in [2.05, 4.69) is 32.2 Å². The van der Waals surface area contributed by atoms with E-state index in [-0.39, 0.29) is 6.61 Å². The second-order valence-corrected chi connectivity index (χ2v) is 4.67. The Labute approximate surface area is 115 Å². The Kier molecular flexibility index (Phi) is 6.70. The maximum absolute atomic E-state index is 8.45. The summed E-state index contributed by atoms with van der Waals surface area (Å²) in [7, 11) is 0. The predicted molar refractivity (Wildman–Crippen MR) is 78.9 cm³/mol. The number of hydrogen-bond donors (Lipinski definition) is 1. The van der Waals surface area contributed by atoms with Crippen molar-refractivity contribution in [1.29, 1.82) is 5.26 Å². The molecule has 3 heteroatoms. The van der Waals surface area contributed by atoms with E-state index in [1.807, 2.05) is 30.3 Å². The maximum Gasteiger partial charge on any atom is 0.174 e. The highest BCUT2D eigenvalue weighted by Crippen LogP contribution is 2.17. The lowest BCUT2D eigenvalue weighted by molar-refractivity contribution is 0.368. The van der Waals surface area contributed by atoms with Gasteiger partial charge in [-0.2, -0.15) is 5.26 Å². The van der Waals surface area contributed by atoms with Crippen LogP contribution in [0.25, 0.3) is 6.08 Å². The third-order valence-corrected chi connectivity index (χ3v) is 2.86. The first kappa shape index (κ1) is 15.3. The minimum atomic E-state index is 0.0901. The first-order chi connectivity index (χ1) is 9.17. The zero-order valence-corrected chi connectivity index (χ0v) is 11.9. The van der Waals surface area contributed by atoms with Crippen LogP contribution in [-0.4, -0.2) is 19.7 Å². The van der Waals surface area contributed by atoms with E-state index in [0.29, 0.717) is 5.92 Å². The van der Waals surface area contributed by atoms with Crippen LogP contribution in [0.15, 0.2) is 29.8 Å². The van der Waals surface area contributed by atoms with Crippen molar-refractivity contribution in [3.8, 4) is 11.8 Å². The summed E-state index contributed by atoms with van der Waals surface area (Å²) < 4.78 is 5.23. The average Bonchev–Trinajstić information content (AvgIpc) is 2.42. The van der Waals surface area contributed by atoms with Crippen LogP contribution in [-0.2, 0) is 0 Å². The summed E-state index contributed by atoms with van der Waals surface area (Å²) in [6, 6.07) is 9.78. The van der Waals surface area contributed by atoms with Crippen LogP contribution in [0.5, 0.6) is 5.75 Å². The molecule has 0 fully saturated rings. The minimum Gasteiger partial charge on any atom is -0.479 e. The highest BCUT2D eigenvalue weighted by atomic mass is 16.5. The van der Waals surface area contributed by atoms with Gasteiger partial charge in [0.05, 0.1) is 0 Å². The lowest BCUT2D eigenvalue weighted by atomic mass is 10.00. The van der Waals surface area contributed by atoms with E-state index in [1.165, 1.54) is 5.57 Å². The molecule has 1 rings (SSSR count). The Hall–Kier alpha value is -1.79. The number of hydrogen-bond acceptors (Lipinski definition) is 3. The smallest absolute Gasteiger partial charge is 0.174 e. The summed E-state index contributed by atoms with van der Waals surface area (Å²) in [5.41, 5.74) is 2.54. The number of likely N-dealkylation sites (N-methyl/N-ethyl adjacent to an activating group) is 1. The summed E-state index contributed by atoms with van der Waals surface area (Å²) in [5.74, 6) is 1.25. The number of ether oxygens (including phenoxy) is 1. The van der Waals surface area contributed by atoms with Crippen molar-refractivity contribution >= 4 is 6.08 Å². The van der Waals surface area contributed by atoms with E-state index in [0.717, 1.165) is 24.4 Å². The Morgan fingerprint density at radius 1 is 1.37 bits per heavy atom. The van der Waals surface area contributed by atoms with Crippen LogP contribution in [0.3, 0.4) is 0 Å². The van der Waals surface area contributed by atoms with Gasteiger partial charge in [0, 0.05) is 6.54 Å². The number of benzene rings is 1. The second-order valence-electron chi connectivity index (χ2n) is 4.67. The topological polar surface area (TPSA) is 45.0 Å². The minimum absolute atomic E-state index is 0.0901. The summed E-state index contributed by atoms with van der Waals surface area (Å²) in [6.45, 7) is 8.50. The van der Waals surface area contributed by atoms with Crippen molar-refractivity contribution < 1.29 is 4.74 Å². The molecule has 1 N–H and O–H groups in total. The molecule has 0 unspecified atom stereocenters. The third-order valence-electron chi connectivity index (χ3n) is 2.86. The molecular formula is C16H22N2O. The summed E-state index contributed by atoms with van der Waals surface area (Å²) >= 11 is 0. The SMILES string of the molecule is CCNCC(=Cc1ccc(OCC#N)cc1)C(C)C. The molecule has 0 aliphatic rings. The van der Waals surface area contributed by atoms with Gasteiger partial charge >= 0.3 is 0 Å². The fourth-order valence-electron chi connectivity index (χ4n) is 1.68. The molecule has 0 aliphatic heterocycles. The molecule has 0 aliphatic carbocycles. The molecule has 0 atom stereocenters. The van der Waals surface area contributed by atoms with Crippen LogP contribution in [0.4, 0.5) is 0 Å². The van der Waals surface area contributed by atoms with Gasteiger partial charge < -0.3 is 10.1 Å². The lowest BCUT2D eigenvalue weighted by Crippen LogP contribution is -2.18. The molecule has 102 valence electrons. The van der Waals surface area contributed by atoms with Gasteiger partial charge in [-0.25, -0.2) is 0 Å². The first-order valence-corrected chi connectivity index (χ1v) is 6.68. The zero-order valence-electron chi connectivity index (χ0n) is 11.9. The summed E-state index contributed by atoms with van der Waals surface area (Å²) in [5, 5.41) is 11.8. The molecule has 0 heterocycles. The molecule has 0 saturated carbocycles. The average molecular weight is 258 g/mol. The monoisotopic (exact) mass is 258 g/mol. The van der Waals surface area contributed by atoms with Gasteiger partial charge in [0.1, 0.15) is 11.8 Å². The fourth-order valence-corrected chi connectivity index (χ4v) is 1.68. The van der Waals surface area contributed by atoms with E-state index >= 15 is 0 Å². The molecule has 0 aromatic heterocycles. The van der Waals surface area contributed by atoms with Crippen molar-refractivity contribution in [2.45, 2.75) is 20.8 Å². The molecule has 3 nitrogen and oxygen atoms in total. The Morgan fingerprint density at radius 3 is 2.58 bits per heavy atom. The second kappa shape index (κ2) is 8.34. The molecule has 0 spiro atoms. The molecule has 0 radical (unpaired) electrons. The molecule has 1 aromatic rings. The number of nitriles is 1. The standard InChI is InChI=1S/C16H22N2O/c1-4-18-12-15(13(2)3)11-14-5-7-16(8-6-14)19-10-9-17/h5-8,11,13,18H,4,10,12H2,1-3H3. The van der Waals surface area contributed by atoms with Crippen molar-refractivity contribution in [3.63, 3.8) is 0 Å². The van der Waals surface area contributed by atoms with Crippen molar-refractivity contribution in [3.05, 3.63) is 35.4 Å². The fraction of sp³-hybridized carbons (Fsp3) is 0.438. The van der Waals surface area contributed by atoms with Gasteiger partial charge in [-0.1, -0.05) is 44.6 Å². The predicted octanol–water partition coefficient (Wildman–Crippen LogP) is 3.24. The molecular weight excluding hydrogens is 236 g/mol. The van der Waals surface area contributed by atoms with Gasteiger partial charge in [-0.15, -0.1) is 0 Å². The molecule has 19 heavy (non-hydrogen) atoms. The molecule has 0 bridgehead atoms. The largest absolute Gasteiger partial charge is 0.479 e. The molecule has 0 saturated heterocycles. The van der Waals surface area contributed by atoms with Gasteiger partial charge in [-0.05, 0) is 30.2 Å². The van der Waals surface area contributed by atoms with Crippen molar-refractivity contribution in [2.75, 3.05) is 19.7 Å². The van der Waals surface area contributed by atoms with E-state index in [4.69, 9.17) is 10.00 Å². The van der Waals surface area contributed by atoms with Crippen molar-refractivity contribution in [1.82, 2.24) is 5.32 Å². The molecule has 0 amide bonds. The van der Waals surface area contributed by atoms with Crippen LogP contribution < -0.4 is 10.1 Å². The maximum atomic E-state index is 8.45. The Bertz CT molecular complexity index is 441. The highest BCUT2D eigenvalue weighted by Gasteiger charge is 2.03. The van der Waals surface area contributed by atoms with Crippen LogP contribution in [0.1, 0.15) is 26.3 Å². The lowest BCUT2D eigenvalue weighted by Gasteiger charge is -2.12. The Balaban J connectivity index is 2.75. The molecule has 1 aromatic carbocycles. The van der Waals surface area contributed by atoms with E-state index < -0.39 is 0 Å².